The molecule has 114 valence electrons. The number of carboxylic acids is 1. The highest BCUT2D eigenvalue weighted by Crippen LogP contribution is 2.23. The van der Waals surface area contributed by atoms with Crippen LogP contribution in [0.1, 0.15) is 28.1 Å². The van der Waals surface area contributed by atoms with Crippen LogP contribution in [0.4, 0.5) is 5.13 Å². The molecule has 2 heterocycles. The van der Waals surface area contributed by atoms with Gasteiger partial charge in [-0.3, -0.25) is 0 Å². The summed E-state index contributed by atoms with van der Waals surface area (Å²) in [5, 5.41) is 12.9. The molecule has 3 aromatic rings. The first-order chi connectivity index (χ1) is 10.7. The van der Waals surface area contributed by atoms with Crippen LogP contribution in [0, 0.1) is 0 Å². The number of nitrogens with one attached hydrogen (secondary N) is 2. The van der Waals surface area contributed by atoms with Crippen LogP contribution >= 0.6 is 11.3 Å². The van der Waals surface area contributed by atoms with Crippen molar-refractivity contribution in [3.63, 3.8) is 0 Å². The summed E-state index contributed by atoms with van der Waals surface area (Å²) in [6, 6.07) is 7.89. The van der Waals surface area contributed by atoms with Gasteiger partial charge in [-0.1, -0.05) is 30.4 Å². The van der Waals surface area contributed by atoms with Gasteiger partial charge in [0.1, 0.15) is 10.7 Å². The van der Waals surface area contributed by atoms with Crippen molar-refractivity contribution in [2.75, 3.05) is 11.9 Å². The quantitative estimate of drug-likeness (QED) is 0.650. The number of fused-ring (bicyclic) bond motifs is 1. The molecule has 0 atom stereocenters. The van der Waals surface area contributed by atoms with Gasteiger partial charge in [0.05, 0.1) is 16.7 Å². The number of hydrogen-bond donors (Lipinski definition) is 3. The van der Waals surface area contributed by atoms with Crippen LogP contribution in [0.2, 0.25) is 0 Å². The van der Waals surface area contributed by atoms with Gasteiger partial charge in [0.25, 0.3) is 0 Å². The predicted octanol–water partition coefficient (Wildman–Crippen LogP) is 2.93. The summed E-state index contributed by atoms with van der Waals surface area (Å²) in [5.74, 6) is -0.0147. The number of thiazole rings is 1. The van der Waals surface area contributed by atoms with Crippen LogP contribution in [-0.4, -0.2) is 32.6 Å². The summed E-state index contributed by atoms with van der Waals surface area (Å²) in [4.78, 5) is 23.5. The predicted molar refractivity (Wildman–Crippen MR) is 86.7 cm³/mol. The summed E-state index contributed by atoms with van der Waals surface area (Å²) in [6.45, 7) is 2.55. The normalized spacial score (nSPS) is 11.0. The van der Waals surface area contributed by atoms with Crippen molar-refractivity contribution in [1.29, 1.82) is 0 Å². The van der Waals surface area contributed by atoms with Gasteiger partial charge in [0.15, 0.2) is 5.13 Å². The Kier molecular flexibility index (Phi) is 4.06. The zero-order valence-electron chi connectivity index (χ0n) is 12.1. The fourth-order valence-corrected chi connectivity index (χ4v) is 3.16. The number of carboxylic acid groups (broad SMARTS) is 1. The zero-order valence-corrected chi connectivity index (χ0v) is 12.9. The monoisotopic (exact) mass is 316 g/mol. The molecule has 0 fully saturated rings. The first-order valence-electron chi connectivity index (χ1n) is 7.08. The van der Waals surface area contributed by atoms with Crippen molar-refractivity contribution in [3.05, 3.63) is 40.7 Å². The standard InChI is InChI=1S/C15H16N4O2S/c1-2-9-13(14(20)21)22-15(19-9)16-8-7-12-17-10-5-3-4-6-11(10)18-12/h3-6H,2,7-8H2,1H3,(H,16,19)(H,17,18)(H,20,21). The lowest BCUT2D eigenvalue weighted by Gasteiger charge is -1.99. The summed E-state index contributed by atoms with van der Waals surface area (Å²) in [7, 11) is 0. The molecule has 22 heavy (non-hydrogen) atoms. The van der Waals surface area contributed by atoms with E-state index in [1.54, 1.807) is 0 Å². The third kappa shape index (κ3) is 2.94. The molecule has 0 spiro atoms. The van der Waals surface area contributed by atoms with Crippen molar-refractivity contribution in [3.8, 4) is 0 Å². The Hall–Kier alpha value is -2.41. The van der Waals surface area contributed by atoms with Gasteiger partial charge in [-0.05, 0) is 18.6 Å². The number of carbonyl (C=O) groups is 1. The second-order valence-electron chi connectivity index (χ2n) is 4.83. The lowest BCUT2D eigenvalue weighted by molar-refractivity contribution is 0.0701. The highest BCUT2D eigenvalue weighted by Gasteiger charge is 2.15. The molecular weight excluding hydrogens is 300 g/mol. The van der Waals surface area contributed by atoms with Gasteiger partial charge in [0.2, 0.25) is 0 Å². The Morgan fingerprint density at radius 1 is 1.36 bits per heavy atom. The maximum Gasteiger partial charge on any atom is 0.347 e. The molecule has 2 aromatic heterocycles. The fraction of sp³-hybridized carbons (Fsp3) is 0.267. The molecule has 0 saturated heterocycles. The summed E-state index contributed by atoms with van der Waals surface area (Å²) >= 11 is 1.18. The number of aryl methyl sites for hydroxylation is 1. The van der Waals surface area contributed by atoms with Crippen LogP contribution < -0.4 is 5.32 Å². The first kappa shape index (κ1) is 14.5. The SMILES string of the molecule is CCc1nc(NCCc2nc3ccccc3[nH]2)sc1C(=O)O. The highest BCUT2D eigenvalue weighted by atomic mass is 32.1. The zero-order chi connectivity index (χ0) is 15.5. The Morgan fingerprint density at radius 2 is 2.18 bits per heavy atom. The summed E-state index contributed by atoms with van der Waals surface area (Å²) in [5.41, 5.74) is 2.60. The number of anilines is 1. The van der Waals surface area contributed by atoms with Crippen LogP contribution in [0.15, 0.2) is 24.3 Å². The molecule has 1 aromatic carbocycles. The molecule has 6 nitrogen and oxygen atoms in total. The molecule has 0 saturated carbocycles. The number of hydrogen-bond acceptors (Lipinski definition) is 5. The van der Waals surface area contributed by atoms with E-state index in [0.717, 1.165) is 23.3 Å². The van der Waals surface area contributed by atoms with Crippen molar-refractivity contribution >= 4 is 33.5 Å². The Morgan fingerprint density at radius 3 is 2.86 bits per heavy atom. The second kappa shape index (κ2) is 6.15. The van der Waals surface area contributed by atoms with Gasteiger partial charge >= 0.3 is 5.97 Å². The third-order valence-electron chi connectivity index (χ3n) is 3.30. The molecule has 7 heteroatoms. The van der Waals surface area contributed by atoms with E-state index in [1.165, 1.54) is 11.3 Å². The van der Waals surface area contributed by atoms with Gasteiger partial charge in [0, 0.05) is 13.0 Å². The fourth-order valence-electron chi connectivity index (χ4n) is 2.25. The van der Waals surface area contributed by atoms with Gasteiger partial charge in [-0.2, -0.15) is 0 Å². The smallest absolute Gasteiger partial charge is 0.347 e. The number of benzene rings is 1. The summed E-state index contributed by atoms with van der Waals surface area (Å²) in [6.07, 6.45) is 1.33. The first-order valence-corrected chi connectivity index (χ1v) is 7.89. The van der Waals surface area contributed by atoms with E-state index in [-0.39, 0.29) is 0 Å². The van der Waals surface area contributed by atoms with E-state index in [0.29, 0.717) is 28.7 Å². The van der Waals surface area contributed by atoms with Crippen LogP contribution in [-0.2, 0) is 12.8 Å². The van der Waals surface area contributed by atoms with E-state index >= 15 is 0 Å². The Labute approximate surface area is 131 Å². The lowest BCUT2D eigenvalue weighted by atomic mass is 10.3. The molecule has 0 amide bonds. The minimum Gasteiger partial charge on any atom is -0.477 e. The largest absolute Gasteiger partial charge is 0.477 e. The number of H-pyrrole nitrogens is 1. The number of aromatic carboxylic acids is 1. The third-order valence-corrected chi connectivity index (χ3v) is 4.35. The van der Waals surface area contributed by atoms with Crippen molar-refractivity contribution in [1.82, 2.24) is 15.0 Å². The highest BCUT2D eigenvalue weighted by molar-refractivity contribution is 7.17. The van der Waals surface area contributed by atoms with Crippen molar-refractivity contribution < 1.29 is 9.90 Å². The Bertz CT molecular complexity index is 776. The Balaban J connectivity index is 1.64. The molecule has 0 aliphatic carbocycles. The van der Waals surface area contributed by atoms with Crippen LogP contribution in [0.5, 0.6) is 0 Å². The molecular formula is C15H16N4O2S. The number of imidazole rings is 1. The van der Waals surface area contributed by atoms with E-state index < -0.39 is 5.97 Å². The van der Waals surface area contributed by atoms with Gasteiger partial charge < -0.3 is 15.4 Å². The van der Waals surface area contributed by atoms with Gasteiger partial charge in [-0.25, -0.2) is 14.8 Å². The van der Waals surface area contributed by atoms with Gasteiger partial charge in [-0.15, -0.1) is 0 Å². The van der Waals surface area contributed by atoms with Crippen molar-refractivity contribution in [2.24, 2.45) is 0 Å². The average molecular weight is 316 g/mol. The topological polar surface area (TPSA) is 90.9 Å². The lowest BCUT2D eigenvalue weighted by Crippen LogP contribution is -2.05. The minimum absolute atomic E-state index is 0.314. The van der Waals surface area contributed by atoms with E-state index in [2.05, 4.69) is 20.3 Å². The maximum atomic E-state index is 11.1. The number of nitrogens with zero attached hydrogens (tertiary/aromatic N) is 2. The average Bonchev–Trinajstić information content (AvgIpc) is 3.10. The molecule has 0 radical (unpaired) electrons. The number of aromatic amines is 1. The molecule has 0 unspecified atom stereocenters. The maximum absolute atomic E-state index is 11.1. The van der Waals surface area contributed by atoms with Crippen LogP contribution in [0.3, 0.4) is 0 Å². The number of aromatic nitrogens is 3. The number of para-hydroxylation sites is 2. The van der Waals surface area contributed by atoms with Crippen LogP contribution in [0.25, 0.3) is 11.0 Å². The van der Waals surface area contributed by atoms with E-state index in [1.807, 2.05) is 31.2 Å². The molecule has 0 aliphatic rings. The second-order valence-corrected chi connectivity index (χ2v) is 5.83. The summed E-state index contributed by atoms with van der Waals surface area (Å²) < 4.78 is 0. The number of rotatable bonds is 6. The van der Waals surface area contributed by atoms with E-state index in [4.69, 9.17) is 5.11 Å². The minimum atomic E-state index is -0.917. The molecule has 3 rings (SSSR count). The molecule has 0 aliphatic heterocycles. The molecule has 0 bridgehead atoms. The van der Waals surface area contributed by atoms with Crippen molar-refractivity contribution in [2.45, 2.75) is 19.8 Å². The molecule has 3 N–H and O–H groups in total. The van der Waals surface area contributed by atoms with E-state index in [9.17, 15) is 4.79 Å².